The molecule has 0 saturated carbocycles. The first-order valence-corrected chi connectivity index (χ1v) is 13.0. The van der Waals surface area contributed by atoms with E-state index >= 15 is 0 Å². The zero-order chi connectivity index (χ0) is 26.5. The van der Waals surface area contributed by atoms with Crippen molar-refractivity contribution in [1.82, 2.24) is 0 Å². The Kier molecular flexibility index (Phi) is 7.59. The molecule has 1 atom stereocenters. The largest absolute Gasteiger partial charge is 0.456 e. The molecule has 0 amide bonds. The van der Waals surface area contributed by atoms with E-state index < -0.39 is 4.87 Å². The number of para-hydroxylation sites is 1. The van der Waals surface area contributed by atoms with E-state index in [9.17, 15) is 9.59 Å². The molecule has 0 spiro atoms. The predicted octanol–water partition coefficient (Wildman–Crippen LogP) is 8.58. The molecule has 1 aliphatic rings. The van der Waals surface area contributed by atoms with Gasteiger partial charge in [-0.25, -0.2) is 0 Å². The fourth-order valence-electron chi connectivity index (χ4n) is 4.42. The standard InChI is InChI=1S/C20H17ClO.C13H7ClO2/c21-20(15-16-7-3-1-4-8-16)13-11-18(12-14-20)19(22)17-9-5-2-6-10-17;14-8-5-6-10-12(7-8)16-11-4-2-1-3-9(11)13(10)15/h1-13H,14-15H2;1-7H. The van der Waals surface area contributed by atoms with Crippen molar-refractivity contribution in [3.05, 3.63) is 153 Å². The third kappa shape index (κ3) is 5.80. The van der Waals surface area contributed by atoms with E-state index in [0.29, 0.717) is 38.9 Å². The first-order valence-electron chi connectivity index (χ1n) is 12.2. The molecule has 1 unspecified atom stereocenters. The molecular formula is C33H24Cl2O3. The van der Waals surface area contributed by atoms with Gasteiger partial charge in [0.2, 0.25) is 5.43 Å². The van der Waals surface area contributed by atoms with E-state index in [4.69, 9.17) is 27.6 Å². The van der Waals surface area contributed by atoms with E-state index in [1.807, 2.05) is 78.9 Å². The Morgan fingerprint density at radius 2 is 1.47 bits per heavy atom. The summed E-state index contributed by atoms with van der Waals surface area (Å²) in [5.74, 6) is 0.0512. The summed E-state index contributed by atoms with van der Waals surface area (Å²) in [6.07, 6.45) is 7.18. The van der Waals surface area contributed by atoms with E-state index in [1.54, 1.807) is 30.3 Å². The smallest absolute Gasteiger partial charge is 0.200 e. The van der Waals surface area contributed by atoms with Crippen LogP contribution in [-0.2, 0) is 6.42 Å². The summed E-state index contributed by atoms with van der Waals surface area (Å²) in [7, 11) is 0. The fraction of sp³-hybridized carbons (Fsp3) is 0.0909. The first-order chi connectivity index (χ1) is 18.4. The van der Waals surface area contributed by atoms with Gasteiger partial charge < -0.3 is 4.42 Å². The lowest BCUT2D eigenvalue weighted by Crippen LogP contribution is -2.24. The number of benzene rings is 4. The van der Waals surface area contributed by atoms with Gasteiger partial charge in [0.15, 0.2) is 5.78 Å². The molecule has 1 heterocycles. The second kappa shape index (κ2) is 11.2. The highest BCUT2D eigenvalue weighted by Gasteiger charge is 2.27. The summed E-state index contributed by atoms with van der Waals surface area (Å²) in [5, 5.41) is 1.71. The van der Waals surface area contributed by atoms with Crippen LogP contribution in [0.1, 0.15) is 22.3 Å². The van der Waals surface area contributed by atoms with Crippen molar-refractivity contribution in [1.29, 1.82) is 0 Å². The molecule has 5 aromatic rings. The van der Waals surface area contributed by atoms with Crippen LogP contribution >= 0.6 is 23.2 Å². The zero-order valence-corrected chi connectivity index (χ0v) is 22.0. The minimum atomic E-state index is -0.443. The maximum absolute atomic E-state index is 12.4. The van der Waals surface area contributed by atoms with Crippen LogP contribution in [0, 0.1) is 0 Å². The minimum Gasteiger partial charge on any atom is -0.456 e. The summed E-state index contributed by atoms with van der Waals surface area (Å²) < 4.78 is 5.62. The van der Waals surface area contributed by atoms with Crippen molar-refractivity contribution in [2.75, 3.05) is 0 Å². The molecule has 4 aromatic carbocycles. The van der Waals surface area contributed by atoms with Crippen molar-refractivity contribution in [3.63, 3.8) is 0 Å². The Labute approximate surface area is 230 Å². The van der Waals surface area contributed by atoms with Gasteiger partial charge in [0.1, 0.15) is 11.2 Å². The van der Waals surface area contributed by atoms with Crippen LogP contribution in [0.5, 0.6) is 0 Å². The van der Waals surface area contributed by atoms with Crippen LogP contribution in [0.4, 0.5) is 0 Å². The second-order valence-electron chi connectivity index (χ2n) is 9.16. The van der Waals surface area contributed by atoms with Gasteiger partial charge in [-0.05, 0) is 42.7 Å². The first kappa shape index (κ1) is 25.7. The summed E-state index contributed by atoms with van der Waals surface area (Å²) in [4.78, 5) is 24.1. The Hall–Kier alpha value is -3.92. The third-order valence-corrected chi connectivity index (χ3v) is 7.05. The van der Waals surface area contributed by atoms with E-state index in [2.05, 4.69) is 12.1 Å². The van der Waals surface area contributed by atoms with Gasteiger partial charge in [0, 0.05) is 22.2 Å². The topological polar surface area (TPSA) is 47.3 Å². The molecule has 38 heavy (non-hydrogen) atoms. The van der Waals surface area contributed by atoms with Gasteiger partial charge in [-0.2, -0.15) is 0 Å². The van der Waals surface area contributed by atoms with Gasteiger partial charge in [-0.15, -0.1) is 11.6 Å². The van der Waals surface area contributed by atoms with Crippen LogP contribution in [0.3, 0.4) is 0 Å². The molecule has 0 fully saturated rings. The van der Waals surface area contributed by atoms with Gasteiger partial charge in [0.25, 0.3) is 0 Å². The number of carbonyl (C=O) groups is 1. The van der Waals surface area contributed by atoms with Crippen LogP contribution in [0.2, 0.25) is 5.02 Å². The molecule has 1 aliphatic carbocycles. The SMILES string of the molecule is O=C(C1=CCC(Cl)(Cc2ccccc2)C=C1)c1ccccc1.O=c1c2ccccc2oc2cc(Cl)ccc12. The van der Waals surface area contributed by atoms with Gasteiger partial charge >= 0.3 is 0 Å². The summed E-state index contributed by atoms with van der Waals surface area (Å²) in [6.45, 7) is 0. The minimum absolute atomic E-state index is 0.0199. The van der Waals surface area contributed by atoms with Gasteiger partial charge in [0.05, 0.1) is 15.6 Å². The van der Waals surface area contributed by atoms with Crippen molar-refractivity contribution in [3.8, 4) is 0 Å². The van der Waals surface area contributed by atoms with Crippen molar-refractivity contribution in [2.24, 2.45) is 0 Å². The van der Waals surface area contributed by atoms with Crippen molar-refractivity contribution < 1.29 is 9.21 Å². The average Bonchev–Trinajstić information content (AvgIpc) is 2.94. The molecule has 3 nitrogen and oxygen atoms in total. The third-order valence-electron chi connectivity index (χ3n) is 6.40. The predicted molar refractivity (Wildman–Crippen MR) is 156 cm³/mol. The van der Waals surface area contributed by atoms with Crippen LogP contribution in [0.25, 0.3) is 21.9 Å². The summed E-state index contributed by atoms with van der Waals surface area (Å²) in [5.41, 5.74) is 3.72. The highest BCUT2D eigenvalue weighted by atomic mass is 35.5. The molecule has 0 bridgehead atoms. The maximum atomic E-state index is 12.4. The molecule has 188 valence electrons. The zero-order valence-electron chi connectivity index (χ0n) is 20.4. The fourth-order valence-corrected chi connectivity index (χ4v) is 4.88. The molecule has 0 aliphatic heterocycles. The summed E-state index contributed by atoms with van der Waals surface area (Å²) in [6, 6.07) is 31.7. The van der Waals surface area contributed by atoms with Crippen molar-refractivity contribution in [2.45, 2.75) is 17.7 Å². The number of carbonyl (C=O) groups excluding carboxylic acids is 1. The Balaban J connectivity index is 0.000000162. The van der Waals surface area contributed by atoms with Crippen molar-refractivity contribution >= 4 is 50.9 Å². The molecule has 0 radical (unpaired) electrons. The van der Waals surface area contributed by atoms with Gasteiger partial charge in [-0.1, -0.05) is 103 Å². The van der Waals surface area contributed by atoms with Gasteiger partial charge in [-0.3, -0.25) is 9.59 Å². The Bertz CT molecular complexity index is 1720. The lowest BCUT2D eigenvalue weighted by molar-refractivity contribution is 0.103. The number of alkyl halides is 1. The number of halogens is 2. The molecule has 1 aromatic heterocycles. The number of allylic oxidation sites excluding steroid dienone is 4. The lowest BCUT2D eigenvalue weighted by Gasteiger charge is -2.25. The monoisotopic (exact) mass is 538 g/mol. The van der Waals surface area contributed by atoms with Crippen LogP contribution in [0.15, 0.2) is 136 Å². The number of fused-ring (bicyclic) bond motifs is 2. The highest BCUT2D eigenvalue weighted by molar-refractivity contribution is 6.31. The van der Waals surface area contributed by atoms with E-state index in [1.165, 1.54) is 5.56 Å². The Morgan fingerprint density at radius 3 is 2.18 bits per heavy atom. The maximum Gasteiger partial charge on any atom is 0.200 e. The number of ketones is 1. The molecule has 6 rings (SSSR count). The number of rotatable bonds is 4. The van der Waals surface area contributed by atoms with E-state index in [-0.39, 0.29) is 11.2 Å². The normalized spacial score (nSPS) is 16.5. The van der Waals surface area contributed by atoms with E-state index in [0.717, 1.165) is 12.0 Å². The van der Waals surface area contributed by atoms with Crippen LogP contribution < -0.4 is 5.43 Å². The summed E-state index contributed by atoms with van der Waals surface area (Å²) >= 11 is 12.5. The Morgan fingerprint density at radius 1 is 0.816 bits per heavy atom. The number of Topliss-reactive ketones (excluding diaryl/α,β-unsaturated/α-hetero) is 1. The quantitative estimate of drug-likeness (QED) is 0.131. The molecular weight excluding hydrogens is 515 g/mol. The number of hydrogen-bond acceptors (Lipinski definition) is 3. The molecule has 5 heteroatoms. The molecule has 0 N–H and O–H groups in total. The highest BCUT2D eigenvalue weighted by Crippen LogP contribution is 2.32. The second-order valence-corrected chi connectivity index (χ2v) is 10.3. The number of hydrogen-bond donors (Lipinski definition) is 0. The average molecular weight is 539 g/mol. The molecule has 0 saturated heterocycles. The lowest BCUT2D eigenvalue weighted by atomic mass is 9.88. The van der Waals surface area contributed by atoms with Crippen LogP contribution in [-0.4, -0.2) is 10.7 Å².